The Bertz CT molecular complexity index is 714. The molecule has 6 atom stereocenters. The maximum Gasteiger partial charge on any atom is 0.100 e. The summed E-state index contributed by atoms with van der Waals surface area (Å²) in [6, 6.07) is 9.37. The summed E-state index contributed by atoms with van der Waals surface area (Å²) >= 11 is 1.58. The van der Waals surface area contributed by atoms with Crippen molar-refractivity contribution in [1.82, 2.24) is 4.37 Å². The molecule has 0 spiro atoms. The second-order valence-electron chi connectivity index (χ2n) is 6.21. The highest BCUT2D eigenvalue weighted by molar-refractivity contribution is 7.13. The zero-order chi connectivity index (χ0) is 12.1. The van der Waals surface area contributed by atoms with Gasteiger partial charge < -0.3 is 4.90 Å². The molecular formula is C14H12N4S. The number of benzene rings is 1. The second kappa shape index (κ2) is 2.82. The van der Waals surface area contributed by atoms with E-state index >= 15 is 0 Å². The van der Waals surface area contributed by atoms with Gasteiger partial charge in [0.05, 0.1) is 16.8 Å². The van der Waals surface area contributed by atoms with E-state index < -0.39 is 0 Å². The van der Waals surface area contributed by atoms with Crippen LogP contribution in [0.3, 0.4) is 0 Å². The third-order valence-corrected chi connectivity index (χ3v) is 6.30. The summed E-state index contributed by atoms with van der Waals surface area (Å²) in [5, 5.41) is 9.98. The van der Waals surface area contributed by atoms with E-state index in [0.29, 0.717) is 12.1 Å². The molecule has 2 aliphatic heterocycles. The minimum atomic E-state index is 0.558. The zero-order valence-corrected chi connectivity index (χ0v) is 11.0. The molecule has 5 heteroatoms. The zero-order valence-electron chi connectivity index (χ0n) is 10.2. The standard InChI is InChI=1S/C14H12N4S/c1-2-10-6(5-15-19-10)3-7(1)18-13-8-4-9(14(13)18)12-11(8)16-17-12/h1-3,5,8-9,11-14H,4H2/t8-,9+,11+,12-,13-,14+,18?. The first-order valence-corrected chi connectivity index (χ1v) is 7.72. The van der Waals surface area contributed by atoms with Gasteiger partial charge in [0.2, 0.25) is 0 Å². The van der Waals surface area contributed by atoms with Crippen LogP contribution in [0.4, 0.5) is 5.69 Å². The van der Waals surface area contributed by atoms with Crippen LogP contribution in [0.15, 0.2) is 34.6 Å². The molecule has 0 amide bonds. The van der Waals surface area contributed by atoms with Gasteiger partial charge in [-0.2, -0.15) is 14.6 Å². The maximum atomic E-state index is 4.35. The Morgan fingerprint density at radius 3 is 2.63 bits per heavy atom. The van der Waals surface area contributed by atoms with Crippen LogP contribution in [0.25, 0.3) is 10.1 Å². The van der Waals surface area contributed by atoms with Gasteiger partial charge in [-0.15, -0.1) is 0 Å². The molecule has 4 nitrogen and oxygen atoms in total. The Kier molecular flexibility index (Phi) is 1.40. The summed E-state index contributed by atoms with van der Waals surface area (Å²) in [5.41, 5.74) is 1.37. The van der Waals surface area contributed by atoms with Gasteiger partial charge in [-0.05, 0) is 36.2 Å². The first-order valence-electron chi connectivity index (χ1n) is 6.94. The van der Waals surface area contributed by atoms with Gasteiger partial charge in [-0.3, -0.25) is 0 Å². The third-order valence-electron chi connectivity index (χ3n) is 5.52. The third kappa shape index (κ3) is 0.949. The monoisotopic (exact) mass is 268 g/mol. The van der Waals surface area contributed by atoms with Crippen molar-refractivity contribution >= 4 is 27.3 Å². The Hall–Kier alpha value is -1.49. The van der Waals surface area contributed by atoms with E-state index in [4.69, 9.17) is 0 Å². The summed E-state index contributed by atoms with van der Waals surface area (Å²) < 4.78 is 5.55. The molecule has 4 aliphatic rings. The summed E-state index contributed by atoms with van der Waals surface area (Å²) in [7, 11) is 0. The molecule has 1 saturated heterocycles. The van der Waals surface area contributed by atoms with Gasteiger partial charge in [0.25, 0.3) is 0 Å². The van der Waals surface area contributed by atoms with Gasteiger partial charge in [-0.25, -0.2) is 0 Å². The second-order valence-corrected chi connectivity index (χ2v) is 7.05. The number of rotatable bonds is 1. The molecule has 6 rings (SSSR count). The van der Waals surface area contributed by atoms with Gasteiger partial charge in [0, 0.05) is 29.1 Å². The average Bonchev–Trinajstić information content (AvgIpc) is 2.65. The smallest absolute Gasteiger partial charge is 0.100 e. The quantitative estimate of drug-likeness (QED) is 0.746. The van der Waals surface area contributed by atoms with Crippen molar-refractivity contribution in [2.45, 2.75) is 30.6 Å². The number of hydrogen-bond acceptors (Lipinski definition) is 5. The van der Waals surface area contributed by atoms with E-state index in [-0.39, 0.29) is 0 Å². The summed E-state index contributed by atoms with van der Waals surface area (Å²) in [5.74, 6) is 1.54. The lowest BCUT2D eigenvalue weighted by molar-refractivity contribution is 0.315. The number of azo groups is 1. The SMILES string of the molecule is c1cc2sncc2cc1N1[C@@H]2[C@@H]3C[C@@H]([C@H]4N=N[C@@H]34)[C@@H]21. The van der Waals surface area contributed by atoms with Crippen molar-refractivity contribution in [3.05, 3.63) is 24.4 Å². The number of fused-ring (bicyclic) bond motifs is 9. The fraction of sp³-hybridized carbons (Fsp3) is 0.500. The molecule has 19 heavy (non-hydrogen) atoms. The van der Waals surface area contributed by atoms with Gasteiger partial charge in [-0.1, -0.05) is 0 Å². The molecule has 1 aromatic heterocycles. The van der Waals surface area contributed by atoms with Crippen LogP contribution in [0.2, 0.25) is 0 Å². The first-order chi connectivity index (χ1) is 9.42. The van der Waals surface area contributed by atoms with Gasteiger partial charge in [0.1, 0.15) is 12.1 Å². The Morgan fingerprint density at radius 1 is 1.11 bits per heavy atom. The summed E-state index contributed by atoms with van der Waals surface area (Å²) in [6.45, 7) is 0. The molecule has 1 aromatic carbocycles. The van der Waals surface area contributed by atoms with Crippen LogP contribution in [0.5, 0.6) is 0 Å². The number of anilines is 1. The van der Waals surface area contributed by atoms with Crippen LogP contribution in [0.1, 0.15) is 6.42 Å². The van der Waals surface area contributed by atoms with E-state index in [9.17, 15) is 0 Å². The number of hydrogen-bond donors (Lipinski definition) is 0. The van der Waals surface area contributed by atoms with Crippen LogP contribution in [-0.4, -0.2) is 28.5 Å². The normalized spacial score (nSPS) is 44.3. The molecule has 0 radical (unpaired) electrons. The molecule has 3 fully saturated rings. The van der Waals surface area contributed by atoms with Gasteiger partial charge >= 0.3 is 0 Å². The molecule has 2 aliphatic carbocycles. The highest BCUT2D eigenvalue weighted by atomic mass is 32.1. The number of nitrogens with zero attached hydrogens (tertiary/aromatic N) is 4. The summed E-state index contributed by atoms with van der Waals surface area (Å²) in [4.78, 5) is 2.61. The lowest BCUT2D eigenvalue weighted by Crippen LogP contribution is -2.39. The topological polar surface area (TPSA) is 40.6 Å². The maximum absolute atomic E-state index is 4.35. The fourth-order valence-electron chi connectivity index (χ4n) is 4.73. The molecule has 2 saturated carbocycles. The van der Waals surface area contributed by atoms with Crippen molar-refractivity contribution in [3.63, 3.8) is 0 Å². The minimum absolute atomic E-state index is 0.558. The number of aromatic nitrogens is 1. The molecule has 94 valence electrons. The predicted octanol–water partition coefficient (Wildman–Crippen LogP) is 2.71. The summed E-state index contributed by atoms with van der Waals surface area (Å²) in [6.07, 6.45) is 3.34. The minimum Gasteiger partial charge on any atom is -0.361 e. The van der Waals surface area contributed by atoms with Crippen LogP contribution < -0.4 is 4.90 Å². The molecule has 2 aromatic rings. The average molecular weight is 268 g/mol. The largest absolute Gasteiger partial charge is 0.361 e. The Labute approximate surface area is 114 Å². The fourth-order valence-corrected chi connectivity index (χ4v) is 5.35. The number of piperidine rings is 1. The van der Waals surface area contributed by atoms with Crippen molar-refractivity contribution in [2.75, 3.05) is 4.90 Å². The Balaban J connectivity index is 1.42. The molecule has 0 N–H and O–H groups in total. The first kappa shape index (κ1) is 9.42. The van der Waals surface area contributed by atoms with Crippen molar-refractivity contribution < 1.29 is 0 Å². The van der Waals surface area contributed by atoms with Crippen molar-refractivity contribution in [1.29, 1.82) is 0 Å². The van der Waals surface area contributed by atoms with Crippen LogP contribution in [0, 0.1) is 11.8 Å². The molecular weight excluding hydrogens is 256 g/mol. The lowest BCUT2D eigenvalue weighted by atomic mass is 9.90. The highest BCUT2D eigenvalue weighted by Gasteiger charge is 2.72. The Morgan fingerprint density at radius 2 is 1.89 bits per heavy atom. The molecule has 2 bridgehead atoms. The van der Waals surface area contributed by atoms with Crippen molar-refractivity contribution in [2.24, 2.45) is 22.1 Å². The molecule has 0 unspecified atom stereocenters. The molecule has 3 heterocycles. The van der Waals surface area contributed by atoms with Gasteiger partial charge in [0.15, 0.2) is 0 Å². The van der Waals surface area contributed by atoms with E-state index in [2.05, 4.69) is 37.7 Å². The lowest BCUT2D eigenvalue weighted by Gasteiger charge is -2.27. The predicted molar refractivity (Wildman–Crippen MR) is 73.7 cm³/mol. The van der Waals surface area contributed by atoms with E-state index in [1.54, 1.807) is 11.5 Å². The van der Waals surface area contributed by atoms with Crippen LogP contribution in [-0.2, 0) is 0 Å². The van der Waals surface area contributed by atoms with Crippen LogP contribution >= 0.6 is 11.5 Å². The van der Waals surface area contributed by atoms with E-state index in [0.717, 1.165) is 23.9 Å². The van der Waals surface area contributed by atoms with E-state index in [1.165, 1.54) is 22.2 Å². The van der Waals surface area contributed by atoms with Crippen molar-refractivity contribution in [3.8, 4) is 0 Å². The highest BCUT2D eigenvalue weighted by Crippen LogP contribution is 2.63. The van der Waals surface area contributed by atoms with E-state index in [1.807, 2.05) is 6.20 Å².